The van der Waals surface area contributed by atoms with Crippen molar-refractivity contribution in [1.82, 2.24) is 10.6 Å². The second kappa shape index (κ2) is 7.63. The van der Waals surface area contributed by atoms with Gasteiger partial charge in [-0.3, -0.25) is 19.7 Å². The molecule has 2 aliphatic heterocycles. The van der Waals surface area contributed by atoms with Crippen molar-refractivity contribution in [3.05, 3.63) is 29.6 Å². The Labute approximate surface area is 149 Å². The molecule has 2 saturated heterocycles. The minimum absolute atomic E-state index is 0.0212. The zero-order valence-corrected chi connectivity index (χ0v) is 14.2. The van der Waals surface area contributed by atoms with Gasteiger partial charge in [0.15, 0.2) is 0 Å². The first-order valence-corrected chi connectivity index (χ1v) is 8.62. The van der Waals surface area contributed by atoms with E-state index in [2.05, 4.69) is 10.6 Å². The lowest BCUT2D eigenvalue weighted by molar-refractivity contribution is -0.134. The smallest absolute Gasteiger partial charge is 0.252 e. The van der Waals surface area contributed by atoms with Crippen LogP contribution in [0.3, 0.4) is 0 Å². The van der Waals surface area contributed by atoms with Gasteiger partial charge in [0.2, 0.25) is 11.8 Å². The SMILES string of the molecule is O=CC1CCN(c2ccc(C(=O)NC3CCC(=O)NC3=O)cc2F)CC1. The lowest BCUT2D eigenvalue weighted by Gasteiger charge is -2.31. The lowest BCUT2D eigenvalue weighted by atomic mass is 9.98. The fraction of sp³-hybridized carbons (Fsp3) is 0.444. The molecule has 3 rings (SSSR count). The Morgan fingerprint density at radius 2 is 1.96 bits per heavy atom. The molecule has 8 heteroatoms. The number of halogens is 1. The highest BCUT2D eigenvalue weighted by atomic mass is 19.1. The molecule has 2 fully saturated rings. The zero-order chi connectivity index (χ0) is 18.7. The van der Waals surface area contributed by atoms with Crippen molar-refractivity contribution in [2.75, 3.05) is 18.0 Å². The Bertz CT molecular complexity index is 744. The minimum atomic E-state index is -0.801. The number of imide groups is 1. The molecular weight excluding hydrogens is 341 g/mol. The van der Waals surface area contributed by atoms with Crippen LogP contribution in [0, 0.1) is 11.7 Å². The molecule has 1 unspecified atom stereocenters. The summed E-state index contributed by atoms with van der Waals surface area (Å²) >= 11 is 0. The van der Waals surface area contributed by atoms with Gasteiger partial charge in [-0.15, -0.1) is 0 Å². The maximum atomic E-state index is 14.5. The molecule has 0 aromatic heterocycles. The average Bonchev–Trinajstić information content (AvgIpc) is 2.64. The van der Waals surface area contributed by atoms with Crippen molar-refractivity contribution in [2.24, 2.45) is 5.92 Å². The van der Waals surface area contributed by atoms with E-state index >= 15 is 0 Å². The molecule has 2 heterocycles. The van der Waals surface area contributed by atoms with Crippen LogP contribution in [0.2, 0.25) is 0 Å². The average molecular weight is 361 g/mol. The molecule has 26 heavy (non-hydrogen) atoms. The van der Waals surface area contributed by atoms with Gasteiger partial charge < -0.3 is 15.0 Å². The van der Waals surface area contributed by atoms with E-state index in [1.165, 1.54) is 12.1 Å². The molecule has 3 amide bonds. The number of rotatable bonds is 4. The molecule has 1 aromatic carbocycles. The number of piperidine rings is 2. The van der Waals surface area contributed by atoms with Crippen molar-refractivity contribution >= 4 is 29.7 Å². The molecule has 0 bridgehead atoms. The summed E-state index contributed by atoms with van der Waals surface area (Å²) in [6, 6.07) is 3.38. The fourth-order valence-corrected chi connectivity index (χ4v) is 3.25. The highest BCUT2D eigenvalue weighted by Crippen LogP contribution is 2.25. The van der Waals surface area contributed by atoms with Gasteiger partial charge in [-0.2, -0.15) is 0 Å². The van der Waals surface area contributed by atoms with Crippen LogP contribution in [-0.4, -0.2) is 43.1 Å². The predicted octanol–water partition coefficient (Wildman–Crippen LogP) is 0.776. The summed E-state index contributed by atoms with van der Waals surface area (Å²) in [6.45, 7) is 1.17. The van der Waals surface area contributed by atoms with Gasteiger partial charge >= 0.3 is 0 Å². The molecule has 138 valence electrons. The topological polar surface area (TPSA) is 95.6 Å². The first-order valence-electron chi connectivity index (χ1n) is 8.62. The van der Waals surface area contributed by atoms with Gasteiger partial charge in [0, 0.05) is 31.0 Å². The number of nitrogens with zero attached hydrogens (tertiary/aromatic N) is 1. The third-order valence-corrected chi connectivity index (χ3v) is 4.83. The van der Waals surface area contributed by atoms with Crippen molar-refractivity contribution in [3.8, 4) is 0 Å². The number of amides is 3. The van der Waals surface area contributed by atoms with Gasteiger partial charge in [-0.1, -0.05) is 0 Å². The third kappa shape index (κ3) is 3.89. The van der Waals surface area contributed by atoms with E-state index in [0.717, 1.165) is 12.4 Å². The van der Waals surface area contributed by atoms with Crippen LogP contribution in [0.4, 0.5) is 10.1 Å². The highest BCUT2D eigenvalue weighted by molar-refractivity contribution is 6.03. The maximum Gasteiger partial charge on any atom is 0.252 e. The van der Waals surface area contributed by atoms with E-state index in [0.29, 0.717) is 31.6 Å². The zero-order valence-electron chi connectivity index (χ0n) is 14.2. The van der Waals surface area contributed by atoms with Gasteiger partial charge in [0.05, 0.1) is 5.69 Å². The maximum absolute atomic E-state index is 14.5. The Morgan fingerprint density at radius 3 is 2.58 bits per heavy atom. The largest absolute Gasteiger partial charge is 0.369 e. The summed E-state index contributed by atoms with van der Waals surface area (Å²) in [4.78, 5) is 47.8. The Morgan fingerprint density at radius 1 is 1.23 bits per heavy atom. The fourth-order valence-electron chi connectivity index (χ4n) is 3.25. The number of hydrogen-bond donors (Lipinski definition) is 2. The van der Waals surface area contributed by atoms with Crippen LogP contribution < -0.4 is 15.5 Å². The summed E-state index contributed by atoms with van der Waals surface area (Å²) < 4.78 is 14.5. The van der Waals surface area contributed by atoms with E-state index in [1.807, 2.05) is 4.90 Å². The van der Waals surface area contributed by atoms with Crippen molar-refractivity contribution < 1.29 is 23.6 Å². The van der Waals surface area contributed by atoms with E-state index in [9.17, 15) is 23.6 Å². The summed E-state index contributed by atoms with van der Waals surface area (Å²) in [6.07, 6.45) is 2.68. The van der Waals surface area contributed by atoms with Gasteiger partial charge in [-0.25, -0.2) is 4.39 Å². The molecule has 0 aliphatic carbocycles. The number of nitrogens with one attached hydrogen (secondary N) is 2. The molecule has 0 radical (unpaired) electrons. The molecule has 1 aromatic rings. The molecule has 2 aliphatic rings. The number of aldehydes is 1. The number of carbonyl (C=O) groups excluding carboxylic acids is 4. The molecule has 7 nitrogen and oxygen atoms in total. The van der Waals surface area contributed by atoms with Crippen molar-refractivity contribution in [2.45, 2.75) is 31.7 Å². The number of anilines is 1. The lowest BCUT2D eigenvalue weighted by Crippen LogP contribution is -2.52. The Hall–Kier alpha value is -2.77. The molecular formula is C18H20FN3O4. The number of benzene rings is 1. The second-order valence-corrected chi connectivity index (χ2v) is 6.60. The van der Waals surface area contributed by atoms with Crippen LogP contribution in [0.1, 0.15) is 36.0 Å². The molecule has 0 saturated carbocycles. The minimum Gasteiger partial charge on any atom is -0.369 e. The molecule has 0 spiro atoms. The summed E-state index contributed by atoms with van der Waals surface area (Å²) in [7, 11) is 0. The van der Waals surface area contributed by atoms with E-state index < -0.39 is 23.7 Å². The quantitative estimate of drug-likeness (QED) is 0.610. The molecule has 2 N–H and O–H groups in total. The third-order valence-electron chi connectivity index (χ3n) is 4.83. The first-order chi connectivity index (χ1) is 12.5. The summed E-state index contributed by atoms with van der Waals surface area (Å²) in [5, 5.41) is 4.68. The normalized spacial score (nSPS) is 21.3. The van der Waals surface area contributed by atoms with E-state index in [4.69, 9.17) is 0 Å². The van der Waals surface area contributed by atoms with Crippen molar-refractivity contribution in [1.29, 1.82) is 0 Å². The first kappa shape index (κ1) is 18.0. The Balaban J connectivity index is 1.65. The van der Waals surface area contributed by atoms with Gasteiger partial charge in [0.1, 0.15) is 18.1 Å². The van der Waals surface area contributed by atoms with Gasteiger partial charge in [0.25, 0.3) is 5.91 Å². The molecule has 1 atom stereocenters. The predicted molar refractivity (Wildman–Crippen MR) is 91.0 cm³/mol. The number of hydrogen-bond acceptors (Lipinski definition) is 5. The van der Waals surface area contributed by atoms with Crippen LogP contribution in [0.15, 0.2) is 18.2 Å². The summed E-state index contributed by atoms with van der Waals surface area (Å²) in [5.41, 5.74) is 0.505. The van der Waals surface area contributed by atoms with Crippen LogP contribution >= 0.6 is 0 Å². The monoisotopic (exact) mass is 361 g/mol. The van der Waals surface area contributed by atoms with Gasteiger partial charge in [-0.05, 0) is 37.5 Å². The van der Waals surface area contributed by atoms with Crippen molar-refractivity contribution in [3.63, 3.8) is 0 Å². The Kier molecular flexibility index (Phi) is 5.29. The van der Waals surface area contributed by atoms with E-state index in [1.54, 1.807) is 0 Å². The second-order valence-electron chi connectivity index (χ2n) is 6.60. The highest BCUT2D eigenvalue weighted by Gasteiger charge is 2.28. The van der Waals surface area contributed by atoms with Crippen LogP contribution in [-0.2, 0) is 14.4 Å². The summed E-state index contributed by atoms with van der Waals surface area (Å²) in [5.74, 6) is -1.98. The van der Waals surface area contributed by atoms with Crippen LogP contribution in [0.25, 0.3) is 0 Å². The van der Waals surface area contributed by atoms with Crippen LogP contribution in [0.5, 0.6) is 0 Å². The van der Waals surface area contributed by atoms with E-state index in [-0.39, 0.29) is 30.2 Å². The number of carbonyl (C=O) groups is 4. The standard InChI is InChI=1S/C18H20FN3O4/c19-13-9-12(17(25)20-14-2-4-16(24)21-18(14)26)1-3-15(13)22-7-5-11(10-23)6-8-22/h1,3,9-11,14H,2,4-8H2,(H,20,25)(H,21,24,26).